The zero-order valence-electron chi connectivity index (χ0n) is 10.9. The lowest BCUT2D eigenvalue weighted by atomic mass is 9.94. The van der Waals surface area contributed by atoms with E-state index in [1.54, 1.807) is 13.8 Å². The van der Waals surface area contributed by atoms with Gasteiger partial charge in [0.25, 0.3) is 0 Å². The first kappa shape index (κ1) is 14.0. The highest BCUT2D eigenvalue weighted by molar-refractivity contribution is 5.84. The lowest BCUT2D eigenvalue weighted by molar-refractivity contribution is -0.146. The van der Waals surface area contributed by atoms with Crippen molar-refractivity contribution in [2.75, 3.05) is 6.54 Å². The molecule has 0 radical (unpaired) electrons. The minimum absolute atomic E-state index is 0.140. The highest BCUT2D eigenvalue weighted by Crippen LogP contribution is 2.30. The Bertz CT molecular complexity index is 290. The number of carbonyl (C=O) groups excluding carboxylic acids is 1. The van der Waals surface area contributed by atoms with E-state index in [0.717, 1.165) is 0 Å². The van der Waals surface area contributed by atoms with Crippen LogP contribution in [0.15, 0.2) is 0 Å². The lowest BCUT2D eigenvalue weighted by Crippen LogP contribution is -2.38. The summed E-state index contributed by atoms with van der Waals surface area (Å²) in [6.45, 7) is 6.15. The third kappa shape index (κ3) is 3.72. The van der Waals surface area contributed by atoms with Gasteiger partial charge in [-0.3, -0.25) is 9.59 Å². The van der Waals surface area contributed by atoms with Crippen LogP contribution in [0.25, 0.3) is 0 Å². The molecule has 1 fully saturated rings. The minimum Gasteiger partial charge on any atom is -0.481 e. The fourth-order valence-corrected chi connectivity index (χ4v) is 2.36. The zero-order valence-corrected chi connectivity index (χ0v) is 10.9. The number of carbonyl (C=O) groups is 2. The Hall–Kier alpha value is -1.06. The van der Waals surface area contributed by atoms with Gasteiger partial charge in [0, 0.05) is 12.5 Å². The number of hydrogen-bond acceptors (Lipinski definition) is 2. The minimum atomic E-state index is -0.915. The van der Waals surface area contributed by atoms with Crippen LogP contribution >= 0.6 is 0 Å². The second-order valence-electron chi connectivity index (χ2n) is 5.33. The number of amides is 1. The van der Waals surface area contributed by atoms with Crippen molar-refractivity contribution >= 4 is 11.9 Å². The Morgan fingerprint density at radius 2 is 1.94 bits per heavy atom. The first-order valence-electron chi connectivity index (χ1n) is 6.44. The van der Waals surface area contributed by atoms with Crippen molar-refractivity contribution in [1.29, 1.82) is 0 Å². The molecule has 17 heavy (non-hydrogen) atoms. The van der Waals surface area contributed by atoms with Crippen molar-refractivity contribution in [2.45, 2.75) is 40.0 Å². The molecule has 0 spiro atoms. The van der Waals surface area contributed by atoms with Crippen molar-refractivity contribution in [3.63, 3.8) is 0 Å². The number of carboxylic acid groups (broad SMARTS) is 1. The quantitative estimate of drug-likeness (QED) is 0.772. The van der Waals surface area contributed by atoms with Crippen molar-refractivity contribution in [3.8, 4) is 0 Å². The van der Waals surface area contributed by atoms with E-state index in [1.165, 1.54) is 19.3 Å². The SMILES string of the molecule is CC1CCCC1CNC(=O)C(C)C(C)C(=O)O. The van der Waals surface area contributed by atoms with Crippen LogP contribution in [0.1, 0.15) is 40.0 Å². The van der Waals surface area contributed by atoms with E-state index in [1.807, 2.05) is 0 Å². The van der Waals surface area contributed by atoms with E-state index < -0.39 is 17.8 Å². The first-order valence-corrected chi connectivity index (χ1v) is 6.44. The molecule has 0 aromatic heterocycles. The Morgan fingerprint density at radius 1 is 1.29 bits per heavy atom. The smallest absolute Gasteiger partial charge is 0.307 e. The average Bonchev–Trinajstić information content (AvgIpc) is 2.69. The molecule has 4 heteroatoms. The lowest BCUT2D eigenvalue weighted by Gasteiger charge is -2.19. The fourth-order valence-electron chi connectivity index (χ4n) is 2.36. The Morgan fingerprint density at radius 3 is 2.41 bits per heavy atom. The zero-order chi connectivity index (χ0) is 13.0. The molecule has 0 saturated heterocycles. The normalized spacial score (nSPS) is 27.5. The molecule has 0 bridgehead atoms. The van der Waals surface area contributed by atoms with Crippen LogP contribution < -0.4 is 5.32 Å². The largest absolute Gasteiger partial charge is 0.481 e. The monoisotopic (exact) mass is 241 g/mol. The van der Waals surface area contributed by atoms with Gasteiger partial charge in [-0.1, -0.05) is 33.6 Å². The summed E-state index contributed by atoms with van der Waals surface area (Å²) in [6.07, 6.45) is 3.65. The third-order valence-corrected chi connectivity index (χ3v) is 4.13. The van der Waals surface area contributed by atoms with Gasteiger partial charge in [-0.2, -0.15) is 0 Å². The summed E-state index contributed by atoms with van der Waals surface area (Å²) in [5, 5.41) is 11.7. The van der Waals surface area contributed by atoms with Gasteiger partial charge in [0.1, 0.15) is 0 Å². The van der Waals surface area contributed by atoms with Crippen LogP contribution in [-0.2, 0) is 9.59 Å². The van der Waals surface area contributed by atoms with E-state index in [0.29, 0.717) is 18.4 Å². The molecule has 1 rings (SSSR count). The van der Waals surface area contributed by atoms with Gasteiger partial charge in [-0.15, -0.1) is 0 Å². The van der Waals surface area contributed by atoms with Gasteiger partial charge in [-0.05, 0) is 18.3 Å². The summed E-state index contributed by atoms with van der Waals surface area (Å²) in [6, 6.07) is 0. The Balaban J connectivity index is 2.36. The fraction of sp³-hybridized carbons (Fsp3) is 0.846. The maximum Gasteiger partial charge on any atom is 0.307 e. The van der Waals surface area contributed by atoms with E-state index in [9.17, 15) is 9.59 Å². The molecule has 98 valence electrons. The molecule has 1 amide bonds. The molecule has 0 aromatic rings. The van der Waals surface area contributed by atoms with Crippen LogP contribution in [0, 0.1) is 23.7 Å². The van der Waals surface area contributed by atoms with Gasteiger partial charge in [-0.25, -0.2) is 0 Å². The predicted molar refractivity (Wildman–Crippen MR) is 65.5 cm³/mol. The topological polar surface area (TPSA) is 66.4 Å². The van der Waals surface area contributed by atoms with Crippen molar-refractivity contribution in [3.05, 3.63) is 0 Å². The summed E-state index contributed by atoms with van der Waals surface area (Å²) >= 11 is 0. The molecule has 2 N–H and O–H groups in total. The van der Waals surface area contributed by atoms with Crippen LogP contribution in [0.5, 0.6) is 0 Å². The van der Waals surface area contributed by atoms with Gasteiger partial charge >= 0.3 is 5.97 Å². The highest BCUT2D eigenvalue weighted by Gasteiger charge is 2.28. The Kier molecular flexibility index (Phi) is 4.97. The molecular formula is C13H23NO3. The van der Waals surface area contributed by atoms with Gasteiger partial charge in [0.05, 0.1) is 5.92 Å². The van der Waals surface area contributed by atoms with Gasteiger partial charge < -0.3 is 10.4 Å². The van der Waals surface area contributed by atoms with Crippen molar-refractivity contribution in [2.24, 2.45) is 23.7 Å². The van der Waals surface area contributed by atoms with Gasteiger partial charge in [0.15, 0.2) is 0 Å². The van der Waals surface area contributed by atoms with E-state index >= 15 is 0 Å². The van der Waals surface area contributed by atoms with Crippen molar-refractivity contribution < 1.29 is 14.7 Å². The number of carboxylic acids is 1. The van der Waals surface area contributed by atoms with Crippen LogP contribution in [-0.4, -0.2) is 23.5 Å². The Labute approximate surface area is 103 Å². The molecule has 1 saturated carbocycles. The number of aliphatic carboxylic acids is 1. The maximum atomic E-state index is 11.8. The summed E-state index contributed by atoms with van der Waals surface area (Å²) in [4.78, 5) is 22.6. The molecular weight excluding hydrogens is 218 g/mol. The summed E-state index contributed by atoms with van der Waals surface area (Å²) in [7, 11) is 0. The summed E-state index contributed by atoms with van der Waals surface area (Å²) < 4.78 is 0. The molecule has 1 aliphatic carbocycles. The van der Waals surface area contributed by atoms with Crippen molar-refractivity contribution in [1.82, 2.24) is 5.32 Å². The van der Waals surface area contributed by atoms with Gasteiger partial charge in [0.2, 0.25) is 5.91 Å². The van der Waals surface area contributed by atoms with Crippen LogP contribution in [0.3, 0.4) is 0 Å². The number of nitrogens with one attached hydrogen (secondary N) is 1. The molecule has 1 aliphatic rings. The molecule has 0 aliphatic heterocycles. The third-order valence-electron chi connectivity index (χ3n) is 4.13. The van der Waals surface area contributed by atoms with Crippen LogP contribution in [0.4, 0.5) is 0 Å². The summed E-state index contributed by atoms with van der Waals surface area (Å²) in [5.41, 5.74) is 0. The standard InChI is InChI=1S/C13H23NO3/c1-8-5-4-6-11(8)7-14-12(15)9(2)10(3)13(16)17/h8-11H,4-7H2,1-3H3,(H,14,15)(H,16,17). The van der Waals surface area contributed by atoms with E-state index in [4.69, 9.17) is 5.11 Å². The second kappa shape index (κ2) is 6.03. The molecule has 4 nitrogen and oxygen atoms in total. The molecule has 0 heterocycles. The van der Waals surface area contributed by atoms with E-state index in [-0.39, 0.29) is 5.91 Å². The van der Waals surface area contributed by atoms with Crippen LogP contribution in [0.2, 0.25) is 0 Å². The highest BCUT2D eigenvalue weighted by atomic mass is 16.4. The first-order chi connectivity index (χ1) is 7.93. The molecule has 4 unspecified atom stereocenters. The molecule has 4 atom stereocenters. The molecule has 0 aromatic carbocycles. The summed E-state index contributed by atoms with van der Waals surface area (Å²) in [5.74, 6) is -0.921. The second-order valence-corrected chi connectivity index (χ2v) is 5.33. The number of rotatable bonds is 5. The predicted octanol–water partition coefficient (Wildman–Crippen LogP) is 1.90. The number of hydrogen-bond donors (Lipinski definition) is 2. The van der Waals surface area contributed by atoms with E-state index in [2.05, 4.69) is 12.2 Å². The average molecular weight is 241 g/mol. The maximum absolute atomic E-state index is 11.8.